The van der Waals surface area contributed by atoms with Crippen LogP contribution < -0.4 is 5.32 Å². The van der Waals surface area contributed by atoms with Gasteiger partial charge in [0, 0.05) is 10.6 Å². The van der Waals surface area contributed by atoms with E-state index in [-0.39, 0.29) is 11.9 Å². The number of hydrogen-bond donors (Lipinski definition) is 1. The van der Waals surface area contributed by atoms with Gasteiger partial charge in [0.1, 0.15) is 17.3 Å². The highest BCUT2D eigenvalue weighted by molar-refractivity contribution is 6.30. The largest absolute Gasteiger partial charge is 0.464 e. The first-order valence-corrected chi connectivity index (χ1v) is 6.74. The summed E-state index contributed by atoms with van der Waals surface area (Å²) in [6.07, 6.45) is 0.957. The van der Waals surface area contributed by atoms with Crippen LogP contribution in [0.2, 0.25) is 5.02 Å². The third kappa shape index (κ3) is 3.37. The maximum Gasteiger partial charge on any atom is 0.128 e. The van der Waals surface area contributed by atoms with Crippen LogP contribution in [0.5, 0.6) is 0 Å². The molecule has 0 spiro atoms. The van der Waals surface area contributed by atoms with Crippen LogP contribution in [0.25, 0.3) is 0 Å². The summed E-state index contributed by atoms with van der Waals surface area (Å²) < 4.78 is 19.6. The molecule has 0 amide bonds. The number of rotatable bonds is 5. The van der Waals surface area contributed by atoms with Gasteiger partial charge >= 0.3 is 0 Å². The van der Waals surface area contributed by atoms with Crippen LogP contribution in [0.1, 0.15) is 36.5 Å². The van der Waals surface area contributed by atoms with Crippen LogP contribution in [0.15, 0.2) is 34.7 Å². The minimum atomic E-state index is -0.313. The Hall–Kier alpha value is -1.32. The number of benzene rings is 1. The fraction of sp³-hybridized carbons (Fsp3) is 0.333. The van der Waals surface area contributed by atoms with E-state index in [1.54, 1.807) is 12.1 Å². The predicted octanol–water partition coefficient (Wildman–Crippen LogP) is 4.47. The molecule has 0 aliphatic carbocycles. The van der Waals surface area contributed by atoms with Crippen molar-refractivity contribution in [3.63, 3.8) is 0 Å². The van der Waals surface area contributed by atoms with E-state index in [1.165, 1.54) is 6.07 Å². The summed E-state index contributed by atoms with van der Waals surface area (Å²) >= 11 is 5.96. The van der Waals surface area contributed by atoms with E-state index in [0.717, 1.165) is 18.7 Å². The molecule has 4 heteroatoms. The zero-order valence-electron chi connectivity index (χ0n) is 11.0. The quantitative estimate of drug-likeness (QED) is 0.875. The molecule has 2 aromatic rings. The van der Waals surface area contributed by atoms with Crippen molar-refractivity contribution in [1.82, 2.24) is 5.32 Å². The van der Waals surface area contributed by atoms with Crippen molar-refractivity contribution in [3.8, 4) is 0 Å². The van der Waals surface area contributed by atoms with Gasteiger partial charge in [-0.1, -0.05) is 18.5 Å². The van der Waals surface area contributed by atoms with Gasteiger partial charge in [-0.15, -0.1) is 0 Å². The van der Waals surface area contributed by atoms with Crippen molar-refractivity contribution >= 4 is 11.6 Å². The summed E-state index contributed by atoms with van der Waals surface area (Å²) in [4.78, 5) is 0. The molecule has 1 heterocycles. The van der Waals surface area contributed by atoms with Crippen LogP contribution in [0, 0.1) is 12.7 Å². The minimum absolute atomic E-state index is 0.285. The lowest BCUT2D eigenvalue weighted by molar-refractivity contribution is 0.422. The molecule has 1 N–H and O–H groups in total. The molecule has 1 aromatic heterocycles. The van der Waals surface area contributed by atoms with Crippen LogP contribution in [0.4, 0.5) is 4.39 Å². The van der Waals surface area contributed by atoms with E-state index >= 15 is 0 Å². The lowest BCUT2D eigenvalue weighted by Crippen LogP contribution is -2.23. The predicted molar refractivity (Wildman–Crippen MR) is 75.0 cm³/mol. The van der Waals surface area contributed by atoms with E-state index in [4.69, 9.17) is 16.0 Å². The zero-order chi connectivity index (χ0) is 13.8. The SMILES string of the molecule is CCCNC(c1ccc(C)o1)c1cc(Cl)ccc1F. The van der Waals surface area contributed by atoms with Crippen LogP contribution in [-0.2, 0) is 0 Å². The van der Waals surface area contributed by atoms with E-state index in [0.29, 0.717) is 16.3 Å². The number of furan rings is 1. The smallest absolute Gasteiger partial charge is 0.128 e. The average molecular weight is 282 g/mol. The normalized spacial score (nSPS) is 12.6. The first kappa shape index (κ1) is 14.1. The second kappa shape index (κ2) is 6.22. The Morgan fingerprint density at radius 3 is 2.74 bits per heavy atom. The van der Waals surface area contributed by atoms with Crippen molar-refractivity contribution in [1.29, 1.82) is 0 Å². The van der Waals surface area contributed by atoms with Gasteiger partial charge in [0.2, 0.25) is 0 Å². The van der Waals surface area contributed by atoms with E-state index in [9.17, 15) is 4.39 Å². The van der Waals surface area contributed by atoms with Crippen molar-refractivity contribution in [2.75, 3.05) is 6.54 Å². The maximum absolute atomic E-state index is 14.0. The van der Waals surface area contributed by atoms with Crippen LogP contribution in [0.3, 0.4) is 0 Å². The number of aryl methyl sites for hydroxylation is 1. The van der Waals surface area contributed by atoms with Crippen molar-refractivity contribution < 1.29 is 8.81 Å². The lowest BCUT2D eigenvalue weighted by Gasteiger charge is -2.17. The Morgan fingerprint density at radius 1 is 1.32 bits per heavy atom. The molecule has 1 aromatic carbocycles. The summed E-state index contributed by atoms with van der Waals surface area (Å²) in [6.45, 7) is 4.71. The summed E-state index contributed by atoms with van der Waals surface area (Å²) in [5, 5.41) is 3.81. The number of nitrogens with one attached hydrogen (secondary N) is 1. The van der Waals surface area contributed by atoms with Crippen LogP contribution in [-0.4, -0.2) is 6.54 Å². The Labute approximate surface area is 117 Å². The van der Waals surface area contributed by atoms with Gasteiger partial charge in [0.25, 0.3) is 0 Å². The molecule has 0 bridgehead atoms. The second-order valence-corrected chi connectivity index (χ2v) is 4.94. The van der Waals surface area contributed by atoms with Gasteiger partial charge in [-0.05, 0) is 50.2 Å². The minimum Gasteiger partial charge on any atom is -0.464 e. The molecule has 102 valence electrons. The molecule has 1 unspecified atom stereocenters. The van der Waals surface area contributed by atoms with Crippen LogP contribution >= 0.6 is 11.6 Å². The van der Waals surface area contributed by atoms with Gasteiger partial charge < -0.3 is 9.73 Å². The molecule has 0 saturated carbocycles. The summed E-state index contributed by atoms with van der Waals surface area (Å²) in [6, 6.07) is 8.00. The highest BCUT2D eigenvalue weighted by atomic mass is 35.5. The average Bonchev–Trinajstić information content (AvgIpc) is 2.80. The van der Waals surface area contributed by atoms with E-state index in [2.05, 4.69) is 12.2 Å². The molecular weight excluding hydrogens is 265 g/mol. The van der Waals surface area contributed by atoms with Crippen molar-refractivity contribution in [3.05, 3.63) is 58.3 Å². The Kier molecular flexibility index (Phi) is 4.61. The monoisotopic (exact) mass is 281 g/mol. The third-order valence-electron chi connectivity index (χ3n) is 2.91. The maximum atomic E-state index is 14.0. The first-order chi connectivity index (χ1) is 9.11. The molecule has 19 heavy (non-hydrogen) atoms. The number of halogens is 2. The van der Waals surface area contributed by atoms with E-state index < -0.39 is 0 Å². The summed E-state index contributed by atoms with van der Waals surface area (Å²) in [5.74, 6) is 1.22. The van der Waals surface area contributed by atoms with Gasteiger partial charge in [0.05, 0.1) is 6.04 Å². The highest BCUT2D eigenvalue weighted by Gasteiger charge is 2.20. The Bertz CT molecular complexity index is 553. The van der Waals surface area contributed by atoms with Gasteiger partial charge in [0.15, 0.2) is 0 Å². The molecule has 2 rings (SSSR count). The Balaban J connectivity index is 2.39. The summed E-state index contributed by atoms with van der Waals surface area (Å²) in [7, 11) is 0. The van der Waals surface area contributed by atoms with Gasteiger partial charge in [-0.2, -0.15) is 0 Å². The third-order valence-corrected chi connectivity index (χ3v) is 3.15. The van der Waals surface area contributed by atoms with Gasteiger partial charge in [-0.3, -0.25) is 0 Å². The standard InChI is InChI=1S/C15H17ClFNO/c1-3-8-18-15(14-7-4-10(2)19-14)12-9-11(16)5-6-13(12)17/h4-7,9,15,18H,3,8H2,1-2H3. The first-order valence-electron chi connectivity index (χ1n) is 6.36. The fourth-order valence-corrected chi connectivity index (χ4v) is 2.18. The van der Waals surface area contributed by atoms with Crippen molar-refractivity contribution in [2.24, 2.45) is 0 Å². The molecule has 1 atom stereocenters. The van der Waals surface area contributed by atoms with Crippen molar-refractivity contribution in [2.45, 2.75) is 26.3 Å². The van der Waals surface area contributed by atoms with Gasteiger partial charge in [-0.25, -0.2) is 4.39 Å². The molecular formula is C15H17ClFNO. The summed E-state index contributed by atoms with van der Waals surface area (Å²) in [5.41, 5.74) is 0.510. The molecule has 0 radical (unpaired) electrons. The lowest BCUT2D eigenvalue weighted by atomic mass is 10.0. The molecule has 0 aliphatic rings. The van der Waals surface area contributed by atoms with E-state index in [1.807, 2.05) is 19.1 Å². The number of hydrogen-bond acceptors (Lipinski definition) is 2. The topological polar surface area (TPSA) is 25.2 Å². The molecule has 0 fully saturated rings. The fourth-order valence-electron chi connectivity index (χ4n) is 2.00. The molecule has 0 saturated heterocycles. The molecule has 2 nitrogen and oxygen atoms in total. The Morgan fingerprint density at radius 2 is 2.11 bits per heavy atom. The second-order valence-electron chi connectivity index (χ2n) is 4.50. The molecule has 0 aliphatic heterocycles. The highest BCUT2D eigenvalue weighted by Crippen LogP contribution is 2.28. The zero-order valence-corrected chi connectivity index (χ0v) is 11.8.